The lowest BCUT2D eigenvalue weighted by Crippen LogP contribution is -2.51. The minimum Gasteiger partial charge on any atom is -0.374 e. The summed E-state index contributed by atoms with van der Waals surface area (Å²) >= 11 is 0. The van der Waals surface area contributed by atoms with Crippen molar-refractivity contribution in [2.75, 3.05) is 6.61 Å². The maximum Gasteiger partial charge on any atom is 0.328 e. The Kier molecular flexibility index (Phi) is 7.02. The van der Waals surface area contributed by atoms with Crippen LogP contribution in [0.1, 0.15) is 42.9 Å². The number of aromatic amines is 1. The predicted molar refractivity (Wildman–Crippen MR) is 124 cm³/mol. The van der Waals surface area contributed by atoms with Crippen molar-refractivity contribution >= 4 is 0 Å². The first-order valence-electron chi connectivity index (χ1n) is 11.2. The van der Waals surface area contributed by atoms with E-state index in [1.807, 2.05) is 67.6 Å². The second kappa shape index (κ2) is 10.1. The van der Waals surface area contributed by atoms with Crippen molar-refractivity contribution in [1.82, 2.24) is 9.55 Å². The molecule has 0 amide bonds. The fourth-order valence-electron chi connectivity index (χ4n) is 4.52. The summed E-state index contributed by atoms with van der Waals surface area (Å²) in [5.41, 5.74) is 1.41. The number of hydrogen-bond donors (Lipinski definition) is 1. The van der Waals surface area contributed by atoms with Gasteiger partial charge < -0.3 is 14.5 Å². The zero-order chi connectivity index (χ0) is 22.4. The lowest BCUT2D eigenvalue weighted by Gasteiger charge is -2.31. The van der Waals surface area contributed by atoms with E-state index in [4.69, 9.17) is 9.47 Å². The third kappa shape index (κ3) is 4.92. The van der Waals surface area contributed by atoms with Crippen molar-refractivity contribution in [2.45, 2.75) is 57.5 Å². The van der Waals surface area contributed by atoms with Crippen molar-refractivity contribution in [3.8, 4) is 0 Å². The Morgan fingerprint density at radius 2 is 1.66 bits per heavy atom. The predicted octanol–water partition coefficient (Wildman–Crippen LogP) is 3.78. The van der Waals surface area contributed by atoms with Gasteiger partial charge >= 0.3 is 5.69 Å². The van der Waals surface area contributed by atoms with E-state index in [-0.39, 0.29) is 24.0 Å². The SMILES string of the molecule is CCc1c[nH]c(=O)n([C@]2(COCc3ccccc3)CC[C@H](OCc3ccccc3)C2)c1=O. The first-order chi connectivity index (χ1) is 15.6. The van der Waals surface area contributed by atoms with Crippen molar-refractivity contribution in [3.63, 3.8) is 0 Å². The van der Waals surface area contributed by atoms with Crippen LogP contribution in [0.2, 0.25) is 0 Å². The van der Waals surface area contributed by atoms with Crippen LogP contribution in [0.3, 0.4) is 0 Å². The molecule has 168 valence electrons. The van der Waals surface area contributed by atoms with E-state index in [0.717, 1.165) is 17.5 Å². The quantitative estimate of drug-likeness (QED) is 0.556. The number of nitrogens with zero attached hydrogens (tertiary/aromatic N) is 1. The molecule has 3 aromatic rings. The van der Waals surface area contributed by atoms with Gasteiger partial charge in [-0.25, -0.2) is 4.79 Å². The topological polar surface area (TPSA) is 73.3 Å². The number of hydrogen-bond acceptors (Lipinski definition) is 4. The van der Waals surface area contributed by atoms with Gasteiger partial charge in [0.25, 0.3) is 5.56 Å². The van der Waals surface area contributed by atoms with Crippen molar-refractivity contribution < 1.29 is 9.47 Å². The van der Waals surface area contributed by atoms with Crippen LogP contribution in [0.5, 0.6) is 0 Å². The van der Waals surface area contributed by atoms with Crippen molar-refractivity contribution in [3.05, 3.63) is 104 Å². The molecule has 0 aliphatic heterocycles. The van der Waals surface area contributed by atoms with Gasteiger partial charge in [0.15, 0.2) is 0 Å². The highest BCUT2D eigenvalue weighted by molar-refractivity contribution is 5.15. The minimum absolute atomic E-state index is 0.0490. The lowest BCUT2D eigenvalue weighted by atomic mass is 9.97. The Hall–Kier alpha value is -2.96. The third-order valence-electron chi connectivity index (χ3n) is 6.26. The van der Waals surface area contributed by atoms with E-state index in [0.29, 0.717) is 38.0 Å². The molecule has 0 radical (unpaired) electrons. The molecular formula is C26H30N2O4. The molecule has 1 heterocycles. The van der Waals surface area contributed by atoms with Gasteiger partial charge in [-0.15, -0.1) is 0 Å². The summed E-state index contributed by atoms with van der Waals surface area (Å²) in [6, 6.07) is 19.9. The molecule has 1 fully saturated rings. The summed E-state index contributed by atoms with van der Waals surface area (Å²) in [6.45, 7) is 3.13. The average Bonchev–Trinajstić information content (AvgIpc) is 3.23. The van der Waals surface area contributed by atoms with Crippen molar-refractivity contribution in [1.29, 1.82) is 0 Å². The standard InChI is InChI=1S/C26H30N2O4/c1-2-22-16-27-25(30)28(24(22)29)26(19-31-17-20-9-5-3-6-10-20)14-13-23(15-26)32-18-21-11-7-4-8-12-21/h3-12,16,23H,2,13-15,17-19H2,1H3,(H,27,30)/t23-,26+/m0/s1. The van der Waals surface area contributed by atoms with Crippen LogP contribution in [0, 0.1) is 0 Å². The molecular weight excluding hydrogens is 404 g/mol. The number of ether oxygens (including phenoxy) is 2. The molecule has 1 aliphatic carbocycles. The van der Waals surface area contributed by atoms with Crippen LogP contribution < -0.4 is 11.2 Å². The van der Waals surface area contributed by atoms with Crippen LogP contribution in [0.4, 0.5) is 0 Å². The molecule has 4 rings (SSSR count). The summed E-state index contributed by atoms with van der Waals surface area (Å²) in [4.78, 5) is 28.8. The minimum atomic E-state index is -0.730. The number of aryl methyl sites for hydroxylation is 1. The summed E-state index contributed by atoms with van der Waals surface area (Å²) in [6.07, 6.45) is 4.01. The zero-order valence-corrected chi connectivity index (χ0v) is 18.5. The molecule has 6 heteroatoms. The molecule has 2 aromatic carbocycles. The molecule has 0 unspecified atom stereocenters. The summed E-state index contributed by atoms with van der Waals surface area (Å²) in [5.74, 6) is 0. The monoisotopic (exact) mass is 434 g/mol. The maximum atomic E-state index is 13.2. The number of rotatable bonds is 9. The van der Waals surface area contributed by atoms with Gasteiger partial charge in [-0.1, -0.05) is 67.6 Å². The Labute approximate surface area is 187 Å². The third-order valence-corrected chi connectivity index (χ3v) is 6.26. The van der Waals surface area contributed by atoms with E-state index < -0.39 is 5.54 Å². The van der Waals surface area contributed by atoms with E-state index >= 15 is 0 Å². The van der Waals surface area contributed by atoms with Gasteiger partial charge in [0, 0.05) is 11.8 Å². The first kappa shape index (κ1) is 22.2. The van der Waals surface area contributed by atoms with Gasteiger partial charge in [0.2, 0.25) is 0 Å². The molecule has 0 bridgehead atoms. The molecule has 1 N–H and O–H groups in total. The molecule has 2 atom stereocenters. The average molecular weight is 435 g/mol. The Morgan fingerprint density at radius 1 is 1.00 bits per heavy atom. The normalized spacial score (nSPS) is 20.5. The maximum absolute atomic E-state index is 13.2. The number of aromatic nitrogens is 2. The lowest BCUT2D eigenvalue weighted by molar-refractivity contribution is 0.00839. The molecule has 1 aliphatic rings. The highest BCUT2D eigenvalue weighted by Crippen LogP contribution is 2.37. The van der Waals surface area contributed by atoms with Gasteiger partial charge in [-0.05, 0) is 36.8 Å². The largest absolute Gasteiger partial charge is 0.374 e. The van der Waals surface area contributed by atoms with Gasteiger partial charge in [-0.2, -0.15) is 0 Å². The van der Waals surface area contributed by atoms with Crippen LogP contribution in [-0.2, 0) is 34.6 Å². The van der Waals surface area contributed by atoms with Crippen LogP contribution >= 0.6 is 0 Å². The molecule has 1 saturated carbocycles. The number of nitrogens with one attached hydrogen (secondary N) is 1. The smallest absolute Gasteiger partial charge is 0.328 e. The number of H-pyrrole nitrogens is 1. The highest BCUT2D eigenvalue weighted by atomic mass is 16.5. The molecule has 32 heavy (non-hydrogen) atoms. The van der Waals surface area contributed by atoms with E-state index in [1.54, 1.807) is 0 Å². The Balaban J connectivity index is 1.56. The second-order valence-corrected chi connectivity index (χ2v) is 8.48. The Morgan fingerprint density at radius 3 is 2.31 bits per heavy atom. The number of benzene rings is 2. The fourth-order valence-corrected chi connectivity index (χ4v) is 4.52. The Bertz CT molecular complexity index is 1120. The van der Waals surface area contributed by atoms with E-state index in [1.165, 1.54) is 10.8 Å². The highest BCUT2D eigenvalue weighted by Gasteiger charge is 2.44. The van der Waals surface area contributed by atoms with Crippen molar-refractivity contribution in [2.24, 2.45) is 0 Å². The van der Waals surface area contributed by atoms with Crippen LogP contribution in [0.15, 0.2) is 76.4 Å². The zero-order valence-electron chi connectivity index (χ0n) is 18.5. The second-order valence-electron chi connectivity index (χ2n) is 8.48. The summed E-state index contributed by atoms with van der Waals surface area (Å²) < 4.78 is 13.7. The van der Waals surface area contributed by atoms with Crippen LogP contribution in [-0.4, -0.2) is 22.3 Å². The van der Waals surface area contributed by atoms with Crippen LogP contribution in [0.25, 0.3) is 0 Å². The first-order valence-corrected chi connectivity index (χ1v) is 11.2. The van der Waals surface area contributed by atoms with Gasteiger partial charge in [-0.3, -0.25) is 9.36 Å². The summed E-state index contributed by atoms with van der Waals surface area (Å²) in [7, 11) is 0. The van der Waals surface area contributed by atoms with Gasteiger partial charge in [0.1, 0.15) is 0 Å². The van der Waals surface area contributed by atoms with E-state index in [2.05, 4.69) is 4.98 Å². The molecule has 0 saturated heterocycles. The molecule has 0 spiro atoms. The molecule has 1 aromatic heterocycles. The van der Waals surface area contributed by atoms with Gasteiger partial charge in [0.05, 0.1) is 31.5 Å². The summed E-state index contributed by atoms with van der Waals surface area (Å²) in [5, 5.41) is 0. The van der Waals surface area contributed by atoms with E-state index in [9.17, 15) is 9.59 Å². The fraction of sp³-hybridized carbons (Fsp3) is 0.385. The molecule has 6 nitrogen and oxygen atoms in total.